The summed E-state index contributed by atoms with van der Waals surface area (Å²) in [7, 11) is 0. The van der Waals surface area contributed by atoms with Gasteiger partial charge < -0.3 is 11.2 Å². The van der Waals surface area contributed by atoms with Gasteiger partial charge in [0.25, 0.3) is 5.82 Å². The number of alkyl halides is 3. The maximum absolute atomic E-state index is 12.5. The average Bonchev–Trinajstić information content (AvgIpc) is 2.81. The summed E-state index contributed by atoms with van der Waals surface area (Å²) < 4.78 is 37.9. The van der Waals surface area contributed by atoms with Crippen LogP contribution in [0.4, 0.5) is 18.9 Å². The molecule has 0 aliphatic carbocycles. The number of aromatic nitrogens is 3. The Morgan fingerprint density at radius 2 is 2.13 bits per heavy atom. The number of hydrogen-bond donors (Lipinski definition) is 2. The van der Waals surface area contributed by atoms with Gasteiger partial charge >= 0.3 is 6.18 Å². The van der Waals surface area contributed by atoms with E-state index in [1.165, 1.54) is 0 Å². The smallest absolute Gasteiger partial charge is 0.335 e. The Kier molecular flexibility index (Phi) is 5.05. The van der Waals surface area contributed by atoms with Gasteiger partial charge in [0.2, 0.25) is 11.1 Å². The van der Waals surface area contributed by atoms with E-state index in [0.717, 1.165) is 17.3 Å². The Balaban J connectivity index is 1.98. The first kappa shape index (κ1) is 17.4. The van der Waals surface area contributed by atoms with Crippen LogP contribution in [0, 0.1) is 6.92 Å². The van der Waals surface area contributed by atoms with Crippen molar-refractivity contribution in [3.8, 4) is 0 Å². The van der Waals surface area contributed by atoms with E-state index < -0.39 is 17.9 Å². The van der Waals surface area contributed by atoms with Crippen LogP contribution in [0.15, 0.2) is 23.4 Å². The second-order valence-corrected chi connectivity index (χ2v) is 5.84. The number of nitrogen functional groups attached to an aromatic ring is 1. The van der Waals surface area contributed by atoms with Crippen molar-refractivity contribution in [1.29, 1.82) is 0 Å². The molecule has 0 atom stereocenters. The highest BCUT2D eigenvalue weighted by Gasteiger charge is 2.38. The average molecular weight is 366 g/mol. The molecule has 1 aromatic carbocycles. The topological polar surface area (TPSA) is 85.8 Å². The van der Waals surface area contributed by atoms with Crippen molar-refractivity contribution < 1.29 is 18.0 Å². The summed E-state index contributed by atoms with van der Waals surface area (Å²) in [5.74, 6) is 3.28. The number of aryl methyl sites for hydroxylation is 1. The minimum absolute atomic E-state index is 0.197. The van der Waals surface area contributed by atoms with Gasteiger partial charge in [-0.2, -0.15) is 13.2 Å². The van der Waals surface area contributed by atoms with Gasteiger partial charge in [-0.15, -0.1) is 10.2 Å². The van der Waals surface area contributed by atoms with Crippen molar-refractivity contribution in [2.75, 3.05) is 16.9 Å². The van der Waals surface area contributed by atoms with Crippen molar-refractivity contribution >= 4 is 35.0 Å². The number of carbonyl (C=O) groups is 1. The summed E-state index contributed by atoms with van der Waals surface area (Å²) in [6.45, 7) is 1.85. The molecule has 0 spiro atoms. The molecule has 2 rings (SSSR count). The summed E-state index contributed by atoms with van der Waals surface area (Å²) in [5.41, 5.74) is 1.34. The Bertz CT molecular complexity index is 734. The van der Waals surface area contributed by atoms with Crippen LogP contribution in [0.5, 0.6) is 0 Å². The summed E-state index contributed by atoms with van der Waals surface area (Å²) in [6.07, 6.45) is -4.71. The number of nitrogens with two attached hydrogens (primary N) is 1. The van der Waals surface area contributed by atoms with Crippen LogP contribution in [0.1, 0.15) is 11.4 Å². The van der Waals surface area contributed by atoms with E-state index in [0.29, 0.717) is 15.4 Å². The van der Waals surface area contributed by atoms with E-state index in [9.17, 15) is 18.0 Å². The zero-order valence-electron chi connectivity index (χ0n) is 11.7. The number of rotatable bonds is 4. The number of nitrogens with zero attached hydrogens (tertiary/aromatic N) is 3. The lowest BCUT2D eigenvalue weighted by atomic mass is 10.2. The molecule has 0 saturated heterocycles. The minimum atomic E-state index is -4.71. The van der Waals surface area contributed by atoms with E-state index in [1.54, 1.807) is 18.2 Å². The molecule has 0 aliphatic heterocycles. The number of thioether (sulfide) groups is 1. The number of halogens is 4. The van der Waals surface area contributed by atoms with Crippen molar-refractivity contribution in [2.24, 2.45) is 0 Å². The van der Waals surface area contributed by atoms with Crippen LogP contribution < -0.4 is 11.2 Å². The van der Waals surface area contributed by atoms with Gasteiger partial charge in [0.1, 0.15) is 0 Å². The summed E-state index contributed by atoms with van der Waals surface area (Å²) in [6, 6.07) is 5.07. The molecule has 0 unspecified atom stereocenters. The number of carbonyl (C=O) groups excluding carboxylic acids is 1. The van der Waals surface area contributed by atoms with Gasteiger partial charge in [-0.3, -0.25) is 4.79 Å². The quantitative estimate of drug-likeness (QED) is 0.642. The molecule has 0 bridgehead atoms. The van der Waals surface area contributed by atoms with Crippen LogP contribution in [0.2, 0.25) is 5.02 Å². The third-order valence-corrected chi connectivity index (χ3v) is 3.90. The lowest BCUT2D eigenvalue weighted by Crippen LogP contribution is -2.22. The van der Waals surface area contributed by atoms with Gasteiger partial charge in [0.15, 0.2) is 0 Å². The van der Waals surface area contributed by atoms with E-state index in [2.05, 4.69) is 15.5 Å². The highest BCUT2D eigenvalue weighted by molar-refractivity contribution is 7.99. The van der Waals surface area contributed by atoms with Crippen LogP contribution in [-0.2, 0) is 11.0 Å². The third kappa shape index (κ3) is 4.29. The molecule has 0 saturated carbocycles. The molecule has 6 nitrogen and oxygen atoms in total. The molecular formula is C12H11ClF3N5OS. The fourth-order valence-corrected chi connectivity index (χ4v) is 2.55. The van der Waals surface area contributed by atoms with E-state index in [1.807, 2.05) is 6.92 Å². The van der Waals surface area contributed by atoms with E-state index in [4.69, 9.17) is 17.4 Å². The maximum Gasteiger partial charge on any atom is 0.453 e. The maximum atomic E-state index is 12.5. The Labute approximate surface area is 138 Å². The number of nitrogens with one attached hydrogen (secondary N) is 1. The van der Waals surface area contributed by atoms with Gasteiger partial charge in [-0.25, -0.2) is 4.68 Å². The van der Waals surface area contributed by atoms with Crippen molar-refractivity contribution in [3.63, 3.8) is 0 Å². The van der Waals surface area contributed by atoms with Crippen LogP contribution >= 0.6 is 23.4 Å². The first-order chi connectivity index (χ1) is 10.7. The highest BCUT2D eigenvalue weighted by atomic mass is 35.5. The summed E-state index contributed by atoms with van der Waals surface area (Å²) in [4.78, 5) is 11.8. The fourth-order valence-electron chi connectivity index (χ4n) is 1.61. The molecule has 0 fully saturated rings. The summed E-state index contributed by atoms with van der Waals surface area (Å²) >= 11 is 6.71. The predicted octanol–water partition coefficient (Wildman–Crippen LogP) is 2.70. The molecule has 11 heteroatoms. The fraction of sp³-hybridized carbons (Fsp3) is 0.250. The molecule has 3 N–H and O–H groups in total. The predicted molar refractivity (Wildman–Crippen MR) is 80.7 cm³/mol. The second-order valence-electron chi connectivity index (χ2n) is 4.49. The highest BCUT2D eigenvalue weighted by Crippen LogP contribution is 2.29. The standard InChI is InChI=1S/C12H11ClF3N5OS/c1-6-2-3-8(7(13)4-6)18-9(22)5-23-11-20-19-10(21(11)17)12(14,15)16/h2-4H,5,17H2,1H3,(H,18,22). The zero-order chi connectivity index (χ0) is 17.2. The third-order valence-electron chi connectivity index (χ3n) is 2.65. The summed E-state index contributed by atoms with van der Waals surface area (Å²) in [5, 5.41) is 8.97. The monoisotopic (exact) mass is 365 g/mol. The first-order valence-electron chi connectivity index (χ1n) is 6.15. The van der Waals surface area contributed by atoms with Gasteiger partial charge in [-0.05, 0) is 24.6 Å². The zero-order valence-corrected chi connectivity index (χ0v) is 13.3. The van der Waals surface area contributed by atoms with Crippen LogP contribution in [-0.4, -0.2) is 26.5 Å². The normalized spacial score (nSPS) is 11.5. The van der Waals surface area contributed by atoms with Crippen molar-refractivity contribution in [1.82, 2.24) is 14.9 Å². The van der Waals surface area contributed by atoms with Gasteiger partial charge in [0, 0.05) is 0 Å². The lowest BCUT2D eigenvalue weighted by molar-refractivity contribution is -0.146. The Hall–Kier alpha value is -1.94. The molecule has 0 aliphatic rings. The van der Waals surface area contributed by atoms with Gasteiger partial charge in [0.05, 0.1) is 16.5 Å². The van der Waals surface area contributed by atoms with E-state index >= 15 is 0 Å². The molecule has 124 valence electrons. The molecule has 1 heterocycles. The molecule has 23 heavy (non-hydrogen) atoms. The van der Waals surface area contributed by atoms with Crippen LogP contribution in [0.25, 0.3) is 0 Å². The molecule has 1 aromatic heterocycles. The SMILES string of the molecule is Cc1ccc(NC(=O)CSc2nnc(C(F)(F)F)n2N)c(Cl)c1. The van der Waals surface area contributed by atoms with Crippen molar-refractivity contribution in [3.05, 3.63) is 34.6 Å². The largest absolute Gasteiger partial charge is 0.453 e. The van der Waals surface area contributed by atoms with E-state index in [-0.39, 0.29) is 10.9 Å². The van der Waals surface area contributed by atoms with Crippen molar-refractivity contribution in [2.45, 2.75) is 18.3 Å². The van der Waals surface area contributed by atoms with Gasteiger partial charge in [-0.1, -0.05) is 29.4 Å². The van der Waals surface area contributed by atoms with Crippen LogP contribution in [0.3, 0.4) is 0 Å². The Morgan fingerprint density at radius 1 is 1.43 bits per heavy atom. The molecular weight excluding hydrogens is 355 g/mol. The number of benzene rings is 1. The Morgan fingerprint density at radius 3 is 2.70 bits per heavy atom. The molecule has 2 aromatic rings. The molecule has 1 amide bonds. The lowest BCUT2D eigenvalue weighted by Gasteiger charge is -2.08. The number of hydrogen-bond acceptors (Lipinski definition) is 5. The minimum Gasteiger partial charge on any atom is -0.335 e. The molecule has 0 radical (unpaired) electrons. The number of amides is 1. The first-order valence-corrected chi connectivity index (χ1v) is 7.51. The second kappa shape index (κ2) is 6.67. The number of anilines is 1.